The number of nitrogens with zero attached hydrogens (tertiary/aromatic N) is 5. The smallest absolute Gasteiger partial charge is 0.227 e. The van der Waals surface area contributed by atoms with E-state index in [2.05, 4.69) is 60.4 Å². The van der Waals surface area contributed by atoms with Crippen molar-refractivity contribution in [2.75, 3.05) is 41.3 Å². The van der Waals surface area contributed by atoms with E-state index in [9.17, 15) is 0 Å². The minimum absolute atomic E-state index is 0.700. The van der Waals surface area contributed by atoms with E-state index in [4.69, 9.17) is 0 Å². The molecule has 26 heavy (non-hydrogen) atoms. The molecular formula is C20H22N6. The van der Waals surface area contributed by atoms with Gasteiger partial charge in [-0.2, -0.15) is 4.98 Å². The van der Waals surface area contributed by atoms with Crippen molar-refractivity contribution in [1.82, 2.24) is 15.0 Å². The van der Waals surface area contributed by atoms with Crippen LogP contribution in [-0.2, 0) is 6.54 Å². The van der Waals surface area contributed by atoms with Crippen LogP contribution in [-0.4, -0.2) is 41.1 Å². The minimum atomic E-state index is 0.700. The average Bonchev–Trinajstić information content (AvgIpc) is 2.74. The second kappa shape index (κ2) is 7.82. The van der Waals surface area contributed by atoms with Crippen LogP contribution < -0.4 is 15.1 Å². The largest absolute Gasteiger partial charge is 0.368 e. The molecule has 3 heterocycles. The van der Waals surface area contributed by atoms with Gasteiger partial charge in [-0.15, -0.1) is 0 Å². The molecule has 1 saturated heterocycles. The summed E-state index contributed by atoms with van der Waals surface area (Å²) in [6.07, 6.45) is 5.46. The van der Waals surface area contributed by atoms with Crippen molar-refractivity contribution in [2.24, 2.45) is 0 Å². The minimum Gasteiger partial charge on any atom is -0.368 e. The maximum absolute atomic E-state index is 4.67. The predicted octanol–water partition coefficient (Wildman–Crippen LogP) is 2.81. The van der Waals surface area contributed by atoms with Crippen molar-refractivity contribution < 1.29 is 0 Å². The highest BCUT2D eigenvalue weighted by molar-refractivity contribution is 5.49. The molecule has 0 spiro atoms. The summed E-state index contributed by atoms with van der Waals surface area (Å²) >= 11 is 0. The number of hydrogen-bond acceptors (Lipinski definition) is 6. The van der Waals surface area contributed by atoms with Gasteiger partial charge in [0, 0.05) is 57.0 Å². The number of para-hydroxylation sites is 1. The summed E-state index contributed by atoms with van der Waals surface area (Å²) in [6.45, 7) is 4.48. The topological polar surface area (TPSA) is 57.2 Å². The number of hydrogen-bond donors (Lipinski definition) is 1. The van der Waals surface area contributed by atoms with E-state index in [1.807, 2.05) is 30.6 Å². The third-order valence-electron chi connectivity index (χ3n) is 4.52. The summed E-state index contributed by atoms with van der Waals surface area (Å²) in [6, 6.07) is 16.4. The highest BCUT2D eigenvalue weighted by Crippen LogP contribution is 2.18. The van der Waals surface area contributed by atoms with Crippen molar-refractivity contribution in [3.8, 4) is 0 Å². The number of benzene rings is 1. The van der Waals surface area contributed by atoms with Crippen molar-refractivity contribution in [2.45, 2.75) is 6.54 Å². The van der Waals surface area contributed by atoms with E-state index in [1.54, 1.807) is 6.20 Å². The van der Waals surface area contributed by atoms with Gasteiger partial charge >= 0.3 is 0 Å². The predicted molar refractivity (Wildman–Crippen MR) is 104 cm³/mol. The van der Waals surface area contributed by atoms with E-state index >= 15 is 0 Å². The van der Waals surface area contributed by atoms with Gasteiger partial charge in [-0.25, -0.2) is 4.98 Å². The Balaban J connectivity index is 1.36. The first-order valence-electron chi connectivity index (χ1n) is 8.89. The summed E-state index contributed by atoms with van der Waals surface area (Å²) in [5, 5.41) is 3.35. The fourth-order valence-corrected chi connectivity index (χ4v) is 3.10. The molecule has 4 rings (SSSR count). The van der Waals surface area contributed by atoms with Crippen molar-refractivity contribution in [3.05, 3.63) is 72.7 Å². The molecule has 1 N–H and O–H groups in total. The molecule has 2 aromatic heterocycles. The quantitative estimate of drug-likeness (QED) is 0.767. The summed E-state index contributed by atoms with van der Waals surface area (Å²) in [5.41, 5.74) is 2.41. The monoisotopic (exact) mass is 346 g/mol. The first kappa shape index (κ1) is 16.3. The molecule has 0 atom stereocenters. The molecule has 0 saturated carbocycles. The van der Waals surface area contributed by atoms with E-state index in [1.165, 1.54) is 5.69 Å². The van der Waals surface area contributed by atoms with Gasteiger partial charge in [0.25, 0.3) is 0 Å². The molecule has 1 aliphatic rings. The molecule has 132 valence electrons. The average molecular weight is 346 g/mol. The fraction of sp³-hybridized carbons (Fsp3) is 0.250. The normalized spacial score (nSPS) is 14.3. The third kappa shape index (κ3) is 3.91. The van der Waals surface area contributed by atoms with E-state index in [0.29, 0.717) is 6.54 Å². The van der Waals surface area contributed by atoms with Crippen LogP contribution in [0.5, 0.6) is 0 Å². The number of piperazine rings is 1. The lowest BCUT2D eigenvalue weighted by molar-refractivity contribution is 0.640. The highest BCUT2D eigenvalue weighted by Gasteiger charge is 2.19. The Morgan fingerprint density at radius 1 is 0.846 bits per heavy atom. The number of aromatic nitrogens is 3. The zero-order chi connectivity index (χ0) is 17.6. The van der Waals surface area contributed by atoms with Crippen LogP contribution in [0.2, 0.25) is 0 Å². The summed E-state index contributed by atoms with van der Waals surface area (Å²) < 4.78 is 0. The molecule has 1 fully saturated rings. The second-order valence-corrected chi connectivity index (χ2v) is 6.27. The van der Waals surface area contributed by atoms with Gasteiger partial charge in [0.2, 0.25) is 5.95 Å². The Hall–Kier alpha value is -3.15. The molecule has 0 bridgehead atoms. The van der Waals surface area contributed by atoms with Gasteiger partial charge in [0.15, 0.2) is 0 Å². The lowest BCUT2D eigenvalue weighted by Gasteiger charge is -2.36. The Labute approximate surface area is 153 Å². The highest BCUT2D eigenvalue weighted by atomic mass is 15.3. The van der Waals surface area contributed by atoms with Crippen molar-refractivity contribution in [1.29, 1.82) is 0 Å². The molecule has 1 aliphatic heterocycles. The lowest BCUT2D eigenvalue weighted by atomic mass is 10.2. The van der Waals surface area contributed by atoms with Crippen LogP contribution in [0.1, 0.15) is 5.56 Å². The first-order valence-corrected chi connectivity index (χ1v) is 8.89. The van der Waals surface area contributed by atoms with Gasteiger partial charge in [-0.05, 0) is 29.8 Å². The van der Waals surface area contributed by atoms with E-state index in [-0.39, 0.29) is 0 Å². The molecule has 0 unspecified atom stereocenters. The molecule has 1 aromatic carbocycles. The van der Waals surface area contributed by atoms with Crippen LogP contribution in [0.4, 0.5) is 17.5 Å². The molecule has 0 aliphatic carbocycles. The van der Waals surface area contributed by atoms with Gasteiger partial charge in [-0.3, -0.25) is 4.98 Å². The molecule has 6 nitrogen and oxygen atoms in total. The SMILES string of the molecule is c1ccc(N2CCN(c3nccc(NCc4cccnc4)n3)CC2)cc1. The molecule has 3 aromatic rings. The van der Waals surface area contributed by atoms with Gasteiger partial charge in [-0.1, -0.05) is 24.3 Å². The van der Waals surface area contributed by atoms with Crippen LogP contribution in [0.3, 0.4) is 0 Å². The van der Waals surface area contributed by atoms with Crippen LogP contribution >= 0.6 is 0 Å². The Bertz CT molecular complexity index is 816. The molecule has 0 amide bonds. The number of nitrogens with one attached hydrogen (secondary N) is 1. The summed E-state index contributed by atoms with van der Waals surface area (Å²) in [7, 11) is 0. The Morgan fingerprint density at radius 2 is 1.65 bits per heavy atom. The Kier molecular flexibility index (Phi) is 4.91. The number of pyridine rings is 1. The van der Waals surface area contributed by atoms with Gasteiger partial charge < -0.3 is 15.1 Å². The van der Waals surface area contributed by atoms with Gasteiger partial charge in [0.1, 0.15) is 5.82 Å². The van der Waals surface area contributed by atoms with Gasteiger partial charge in [0.05, 0.1) is 0 Å². The zero-order valence-corrected chi connectivity index (χ0v) is 14.6. The molecule has 6 heteroatoms. The first-order chi connectivity index (χ1) is 12.9. The maximum atomic E-state index is 4.67. The fourth-order valence-electron chi connectivity index (χ4n) is 3.10. The zero-order valence-electron chi connectivity index (χ0n) is 14.6. The van der Waals surface area contributed by atoms with E-state index < -0.39 is 0 Å². The summed E-state index contributed by atoms with van der Waals surface area (Å²) in [5.74, 6) is 1.62. The summed E-state index contributed by atoms with van der Waals surface area (Å²) in [4.78, 5) is 17.9. The molecular weight excluding hydrogens is 324 g/mol. The standard InChI is InChI=1S/C20H22N6/c1-2-6-18(7-3-1)25-11-13-26(14-12-25)20-22-10-8-19(24-20)23-16-17-5-4-9-21-15-17/h1-10,15H,11-14,16H2,(H,22,23,24). The maximum Gasteiger partial charge on any atom is 0.227 e. The lowest BCUT2D eigenvalue weighted by Crippen LogP contribution is -2.47. The van der Waals surface area contributed by atoms with Crippen LogP contribution in [0, 0.1) is 0 Å². The van der Waals surface area contributed by atoms with E-state index in [0.717, 1.165) is 43.5 Å². The van der Waals surface area contributed by atoms with Crippen LogP contribution in [0.25, 0.3) is 0 Å². The van der Waals surface area contributed by atoms with Crippen molar-refractivity contribution >= 4 is 17.5 Å². The third-order valence-corrected chi connectivity index (χ3v) is 4.52. The van der Waals surface area contributed by atoms with Crippen LogP contribution in [0.15, 0.2) is 67.1 Å². The number of anilines is 3. The Morgan fingerprint density at radius 3 is 2.42 bits per heavy atom. The second-order valence-electron chi connectivity index (χ2n) is 6.27. The number of rotatable bonds is 5. The molecule has 0 radical (unpaired) electrons. The van der Waals surface area contributed by atoms with Crippen molar-refractivity contribution in [3.63, 3.8) is 0 Å².